The lowest BCUT2D eigenvalue weighted by Gasteiger charge is -2.26. The van der Waals surface area contributed by atoms with Crippen molar-refractivity contribution in [3.8, 4) is 0 Å². The van der Waals surface area contributed by atoms with Crippen LogP contribution >= 0.6 is 0 Å². The molecule has 0 spiro atoms. The van der Waals surface area contributed by atoms with Crippen LogP contribution in [0.3, 0.4) is 0 Å². The standard InChI is InChI=1S/C18H35N3O3/c1-19-18(20-12-7-5-4-6-8-17(22)23-3)21(2)13-9-16-10-14-24-15-11-16/h16H,4-15H2,1-3H3,(H,19,20). The second kappa shape index (κ2) is 13.0. The number of aliphatic imine (C=N–C) groups is 1. The first-order valence-electron chi connectivity index (χ1n) is 9.23. The highest BCUT2D eigenvalue weighted by molar-refractivity contribution is 5.79. The van der Waals surface area contributed by atoms with E-state index in [2.05, 4.69) is 27.0 Å². The van der Waals surface area contributed by atoms with Gasteiger partial charge in [0.05, 0.1) is 7.11 Å². The van der Waals surface area contributed by atoms with E-state index in [9.17, 15) is 4.79 Å². The number of esters is 1. The predicted molar refractivity (Wildman–Crippen MR) is 97.3 cm³/mol. The molecule has 6 heteroatoms. The van der Waals surface area contributed by atoms with E-state index in [4.69, 9.17) is 4.74 Å². The SMILES string of the molecule is CN=C(NCCCCCCC(=O)OC)N(C)CCC1CCOCC1. The zero-order valence-electron chi connectivity index (χ0n) is 15.7. The fraction of sp³-hybridized carbons (Fsp3) is 0.889. The van der Waals surface area contributed by atoms with Gasteiger partial charge in [0.25, 0.3) is 0 Å². The minimum atomic E-state index is -0.111. The fourth-order valence-electron chi connectivity index (χ4n) is 2.95. The summed E-state index contributed by atoms with van der Waals surface area (Å²) in [7, 11) is 5.38. The Morgan fingerprint density at radius 2 is 1.96 bits per heavy atom. The Labute approximate surface area is 147 Å². The molecular formula is C18H35N3O3. The summed E-state index contributed by atoms with van der Waals surface area (Å²) in [5, 5.41) is 3.43. The lowest BCUT2D eigenvalue weighted by molar-refractivity contribution is -0.140. The van der Waals surface area contributed by atoms with Crippen molar-refractivity contribution < 1.29 is 14.3 Å². The number of ether oxygens (including phenoxy) is 2. The highest BCUT2D eigenvalue weighted by atomic mass is 16.5. The quantitative estimate of drug-likeness (QED) is 0.286. The highest BCUT2D eigenvalue weighted by Crippen LogP contribution is 2.18. The molecule has 1 rings (SSSR count). The summed E-state index contributed by atoms with van der Waals surface area (Å²) in [6.07, 6.45) is 8.29. The minimum Gasteiger partial charge on any atom is -0.469 e. The van der Waals surface area contributed by atoms with Gasteiger partial charge in [0.2, 0.25) is 0 Å². The maximum atomic E-state index is 11.0. The van der Waals surface area contributed by atoms with Crippen molar-refractivity contribution in [2.75, 3.05) is 47.5 Å². The molecular weight excluding hydrogens is 306 g/mol. The molecule has 6 nitrogen and oxygen atoms in total. The monoisotopic (exact) mass is 341 g/mol. The van der Waals surface area contributed by atoms with Gasteiger partial charge < -0.3 is 19.7 Å². The van der Waals surface area contributed by atoms with Crippen molar-refractivity contribution in [1.29, 1.82) is 0 Å². The largest absolute Gasteiger partial charge is 0.469 e. The second-order valence-electron chi connectivity index (χ2n) is 6.48. The molecule has 0 atom stereocenters. The van der Waals surface area contributed by atoms with Crippen LogP contribution < -0.4 is 5.32 Å². The number of nitrogens with one attached hydrogen (secondary N) is 1. The van der Waals surface area contributed by atoms with Crippen molar-refractivity contribution in [2.45, 2.75) is 51.4 Å². The molecule has 0 saturated carbocycles. The Balaban J connectivity index is 2.07. The number of unbranched alkanes of at least 4 members (excludes halogenated alkanes) is 3. The number of rotatable bonds is 10. The third-order valence-electron chi connectivity index (χ3n) is 4.61. The predicted octanol–water partition coefficient (Wildman–Crippen LogP) is 2.43. The summed E-state index contributed by atoms with van der Waals surface area (Å²) < 4.78 is 10.1. The molecule has 140 valence electrons. The lowest BCUT2D eigenvalue weighted by Crippen LogP contribution is -2.40. The summed E-state index contributed by atoms with van der Waals surface area (Å²) in [6, 6.07) is 0. The van der Waals surface area contributed by atoms with Gasteiger partial charge in [0.15, 0.2) is 5.96 Å². The molecule has 0 aromatic rings. The topological polar surface area (TPSA) is 63.2 Å². The summed E-state index contributed by atoms with van der Waals surface area (Å²) >= 11 is 0. The van der Waals surface area contributed by atoms with Crippen LogP contribution in [0.5, 0.6) is 0 Å². The molecule has 0 aromatic heterocycles. The maximum Gasteiger partial charge on any atom is 0.305 e. The third-order valence-corrected chi connectivity index (χ3v) is 4.61. The van der Waals surface area contributed by atoms with Gasteiger partial charge in [-0.1, -0.05) is 12.8 Å². The van der Waals surface area contributed by atoms with Crippen molar-refractivity contribution in [3.63, 3.8) is 0 Å². The number of carbonyl (C=O) groups excluding carboxylic acids is 1. The molecule has 0 unspecified atom stereocenters. The van der Waals surface area contributed by atoms with Gasteiger partial charge >= 0.3 is 5.97 Å². The van der Waals surface area contributed by atoms with Crippen molar-refractivity contribution in [2.24, 2.45) is 10.9 Å². The van der Waals surface area contributed by atoms with Gasteiger partial charge in [0, 0.05) is 46.8 Å². The van der Waals surface area contributed by atoms with E-state index in [0.717, 1.165) is 63.9 Å². The first kappa shape index (κ1) is 20.7. The summed E-state index contributed by atoms with van der Waals surface area (Å²) in [5.41, 5.74) is 0. The van der Waals surface area contributed by atoms with E-state index in [1.807, 2.05) is 7.05 Å². The van der Waals surface area contributed by atoms with Crippen molar-refractivity contribution >= 4 is 11.9 Å². The zero-order chi connectivity index (χ0) is 17.6. The number of hydrogen-bond acceptors (Lipinski definition) is 4. The molecule has 24 heavy (non-hydrogen) atoms. The van der Waals surface area contributed by atoms with Crippen LogP contribution in [-0.2, 0) is 14.3 Å². The molecule has 0 aliphatic carbocycles. The number of guanidine groups is 1. The Kier molecular flexibility index (Phi) is 11.3. The molecule has 0 amide bonds. The van der Waals surface area contributed by atoms with Gasteiger partial charge in [-0.3, -0.25) is 9.79 Å². The molecule has 1 aliphatic rings. The van der Waals surface area contributed by atoms with Gasteiger partial charge in [-0.05, 0) is 38.0 Å². The Bertz CT molecular complexity index is 369. The van der Waals surface area contributed by atoms with Crippen LogP contribution in [0.4, 0.5) is 0 Å². The summed E-state index contributed by atoms with van der Waals surface area (Å²) in [5.74, 6) is 1.64. The normalized spacial score (nSPS) is 16.0. The Morgan fingerprint density at radius 1 is 1.25 bits per heavy atom. The van der Waals surface area contributed by atoms with E-state index in [-0.39, 0.29) is 5.97 Å². The van der Waals surface area contributed by atoms with Crippen LogP contribution in [0.1, 0.15) is 51.4 Å². The van der Waals surface area contributed by atoms with E-state index >= 15 is 0 Å². The van der Waals surface area contributed by atoms with Gasteiger partial charge in [-0.25, -0.2) is 0 Å². The lowest BCUT2D eigenvalue weighted by atomic mass is 9.96. The maximum absolute atomic E-state index is 11.0. The minimum absolute atomic E-state index is 0.111. The summed E-state index contributed by atoms with van der Waals surface area (Å²) in [4.78, 5) is 17.6. The molecule has 0 aromatic carbocycles. The van der Waals surface area contributed by atoms with Crippen molar-refractivity contribution in [1.82, 2.24) is 10.2 Å². The zero-order valence-corrected chi connectivity index (χ0v) is 15.7. The molecule has 1 saturated heterocycles. The van der Waals surface area contributed by atoms with Crippen LogP contribution in [0.25, 0.3) is 0 Å². The average Bonchev–Trinajstić information content (AvgIpc) is 2.62. The van der Waals surface area contributed by atoms with Crippen LogP contribution in [-0.4, -0.2) is 64.3 Å². The van der Waals surface area contributed by atoms with E-state index in [1.165, 1.54) is 26.4 Å². The van der Waals surface area contributed by atoms with E-state index in [0.29, 0.717) is 6.42 Å². The summed E-state index contributed by atoms with van der Waals surface area (Å²) in [6.45, 7) is 3.78. The van der Waals surface area contributed by atoms with Gasteiger partial charge in [-0.15, -0.1) is 0 Å². The molecule has 1 N–H and O–H groups in total. The smallest absolute Gasteiger partial charge is 0.305 e. The van der Waals surface area contributed by atoms with Crippen molar-refractivity contribution in [3.05, 3.63) is 0 Å². The van der Waals surface area contributed by atoms with Crippen LogP contribution in [0.2, 0.25) is 0 Å². The van der Waals surface area contributed by atoms with E-state index < -0.39 is 0 Å². The number of nitrogens with zero attached hydrogens (tertiary/aromatic N) is 2. The average molecular weight is 341 g/mol. The van der Waals surface area contributed by atoms with Crippen LogP contribution in [0, 0.1) is 5.92 Å². The highest BCUT2D eigenvalue weighted by Gasteiger charge is 2.15. The first-order chi connectivity index (χ1) is 11.7. The molecule has 1 aliphatic heterocycles. The number of carbonyl (C=O) groups is 1. The molecule has 0 radical (unpaired) electrons. The number of hydrogen-bond donors (Lipinski definition) is 1. The van der Waals surface area contributed by atoms with Crippen LogP contribution in [0.15, 0.2) is 4.99 Å². The molecule has 0 bridgehead atoms. The number of methoxy groups -OCH3 is 1. The Morgan fingerprint density at radius 3 is 2.62 bits per heavy atom. The first-order valence-corrected chi connectivity index (χ1v) is 9.23. The second-order valence-corrected chi connectivity index (χ2v) is 6.48. The van der Waals surface area contributed by atoms with Gasteiger partial charge in [0.1, 0.15) is 0 Å². The van der Waals surface area contributed by atoms with Gasteiger partial charge in [-0.2, -0.15) is 0 Å². The third kappa shape index (κ3) is 9.11. The molecule has 1 fully saturated rings. The fourth-order valence-corrected chi connectivity index (χ4v) is 2.95. The Hall–Kier alpha value is -1.30. The molecule has 1 heterocycles. The van der Waals surface area contributed by atoms with E-state index in [1.54, 1.807) is 0 Å².